The lowest BCUT2D eigenvalue weighted by atomic mass is 9.89. The summed E-state index contributed by atoms with van der Waals surface area (Å²) in [5.41, 5.74) is 4.67. The first-order chi connectivity index (χ1) is 9.36. The summed E-state index contributed by atoms with van der Waals surface area (Å²) in [6.07, 6.45) is 7.90. The van der Waals surface area contributed by atoms with E-state index in [9.17, 15) is 0 Å². The Balaban J connectivity index is 1.70. The Morgan fingerprint density at radius 2 is 2.16 bits per heavy atom. The summed E-state index contributed by atoms with van der Waals surface area (Å²) in [7, 11) is 2.11. The van der Waals surface area contributed by atoms with Crippen LogP contribution in [0, 0.1) is 5.92 Å². The molecule has 19 heavy (non-hydrogen) atoms. The van der Waals surface area contributed by atoms with Crippen molar-refractivity contribution in [2.24, 2.45) is 5.92 Å². The molecular weight excluding hydrogens is 232 g/mol. The second-order valence-corrected chi connectivity index (χ2v) is 6.17. The highest BCUT2D eigenvalue weighted by atomic mass is 14.9. The van der Waals surface area contributed by atoms with Crippen LogP contribution in [0.4, 0.5) is 0 Å². The summed E-state index contributed by atoms with van der Waals surface area (Å²) < 4.78 is 0. The molecule has 2 heteroatoms. The Labute approximate surface area is 117 Å². The SMILES string of the molecule is CNC(CC1CCCNC1)c1ccc2c(c1)CCC2. The number of fused-ring (bicyclic) bond motifs is 1. The minimum absolute atomic E-state index is 0.524. The first-order valence-electron chi connectivity index (χ1n) is 7.86. The number of benzene rings is 1. The maximum Gasteiger partial charge on any atom is 0.0320 e. The summed E-state index contributed by atoms with van der Waals surface area (Å²) in [6, 6.07) is 7.69. The summed E-state index contributed by atoms with van der Waals surface area (Å²) >= 11 is 0. The number of aryl methyl sites for hydroxylation is 2. The third-order valence-corrected chi connectivity index (χ3v) is 4.84. The molecule has 2 N–H and O–H groups in total. The Bertz CT molecular complexity index is 421. The molecule has 0 amide bonds. The maximum atomic E-state index is 3.53. The van der Waals surface area contributed by atoms with Gasteiger partial charge in [0.2, 0.25) is 0 Å². The maximum absolute atomic E-state index is 3.53. The quantitative estimate of drug-likeness (QED) is 0.868. The lowest BCUT2D eigenvalue weighted by molar-refractivity contribution is 0.322. The second kappa shape index (κ2) is 6.06. The fourth-order valence-corrected chi connectivity index (χ4v) is 3.69. The van der Waals surface area contributed by atoms with E-state index in [0.717, 1.165) is 5.92 Å². The van der Waals surface area contributed by atoms with Crippen LogP contribution in [0.15, 0.2) is 18.2 Å². The van der Waals surface area contributed by atoms with Crippen molar-refractivity contribution in [2.75, 3.05) is 20.1 Å². The molecule has 1 saturated heterocycles. The van der Waals surface area contributed by atoms with Gasteiger partial charge in [-0.1, -0.05) is 18.2 Å². The van der Waals surface area contributed by atoms with Gasteiger partial charge in [-0.2, -0.15) is 0 Å². The first kappa shape index (κ1) is 13.1. The number of nitrogens with one attached hydrogen (secondary N) is 2. The van der Waals surface area contributed by atoms with Crippen molar-refractivity contribution >= 4 is 0 Å². The van der Waals surface area contributed by atoms with E-state index in [4.69, 9.17) is 0 Å². The van der Waals surface area contributed by atoms with Crippen LogP contribution in [0.25, 0.3) is 0 Å². The van der Waals surface area contributed by atoms with E-state index < -0.39 is 0 Å². The molecule has 0 spiro atoms. The van der Waals surface area contributed by atoms with E-state index in [1.165, 1.54) is 57.2 Å². The highest BCUT2D eigenvalue weighted by Crippen LogP contribution is 2.29. The average Bonchev–Trinajstić information content (AvgIpc) is 2.93. The summed E-state index contributed by atoms with van der Waals surface area (Å²) in [5.74, 6) is 0.833. The lowest BCUT2D eigenvalue weighted by Crippen LogP contribution is -2.32. The Morgan fingerprint density at radius 3 is 2.95 bits per heavy atom. The van der Waals surface area contributed by atoms with Crippen molar-refractivity contribution in [3.05, 3.63) is 34.9 Å². The molecule has 3 rings (SSSR count). The minimum atomic E-state index is 0.524. The van der Waals surface area contributed by atoms with Crippen LogP contribution < -0.4 is 10.6 Å². The number of piperidine rings is 1. The van der Waals surface area contributed by atoms with Crippen LogP contribution in [-0.4, -0.2) is 20.1 Å². The zero-order valence-corrected chi connectivity index (χ0v) is 12.0. The smallest absolute Gasteiger partial charge is 0.0320 e. The van der Waals surface area contributed by atoms with Gasteiger partial charge < -0.3 is 10.6 Å². The van der Waals surface area contributed by atoms with Crippen LogP contribution in [0.2, 0.25) is 0 Å². The third-order valence-electron chi connectivity index (χ3n) is 4.84. The molecule has 0 bridgehead atoms. The molecule has 0 radical (unpaired) electrons. The third kappa shape index (κ3) is 3.01. The fraction of sp³-hybridized carbons (Fsp3) is 0.647. The molecule has 2 atom stereocenters. The molecule has 1 fully saturated rings. The molecule has 104 valence electrons. The average molecular weight is 258 g/mol. The molecule has 2 aliphatic rings. The number of hydrogen-bond acceptors (Lipinski definition) is 2. The van der Waals surface area contributed by atoms with Crippen molar-refractivity contribution in [2.45, 2.75) is 44.6 Å². The summed E-state index contributed by atoms with van der Waals surface area (Å²) in [4.78, 5) is 0. The van der Waals surface area contributed by atoms with Gasteiger partial charge in [-0.15, -0.1) is 0 Å². The highest BCUT2D eigenvalue weighted by Gasteiger charge is 2.20. The fourth-order valence-electron chi connectivity index (χ4n) is 3.69. The predicted molar refractivity (Wildman–Crippen MR) is 80.5 cm³/mol. The molecule has 1 aliphatic heterocycles. The topological polar surface area (TPSA) is 24.1 Å². The van der Waals surface area contributed by atoms with Crippen molar-refractivity contribution < 1.29 is 0 Å². The van der Waals surface area contributed by atoms with E-state index in [0.29, 0.717) is 6.04 Å². The van der Waals surface area contributed by atoms with Gasteiger partial charge >= 0.3 is 0 Å². The van der Waals surface area contributed by atoms with Gasteiger partial charge in [0.25, 0.3) is 0 Å². The highest BCUT2D eigenvalue weighted by molar-refractivity contribution is 5.36. The van der Waals surface area contributed by atoms with Gasteiger partial charge in [0.05, 0.1) is 0 Å². The van der Waals surface area contributed by atoms with Crippen LogP contribution in [0.3, 0.4) is 0 Å². The minimum Gasteiger partial charge on any atom is -0.316 e. The van der Waals surface area contributed by atoms with Crippen LogP contribution >= 0.6 is 0 Å². The molecule has 2 nitrogen and oxygen atoms in total. The van der Waals surface area contributed by atoms with Gasteiger partial charge in [-0.05, 0) is 81.3 Å². The van der Waals surface area contributed by atoms with Gasteiger partial charge in [0.1, 0.15) is 0 Å². The van der Waals surface area contributed by atoms with Crippen molar-refractivity contribution in [1.29, 1.82) is 0 Å². The van der Waals surface area contributed by atoms with Crippen molar-refractivity contribution in [1.82, 2.24) is 10.6 Å². The van der Waals surface area contributed by atoms with Gasteiger partial charge in [-0.25, -0.2) is 0 Å². The number of hydrogen-bond donors (Lipinski definition) is 2. The second-order valence-electron chi connectivity index (χ2n) is 6.17. The normalized spacial score (nSPS) is 24.2. The standard InChI is InChI=1S/C17H26N2/c1-18-17(10-13-4-3-9-19-12-13)16-8-7-14-5-2-6-15(14)11-16/h7-8,11,13,17-19H,2-6,9-10,12H2,1H3. The van der Waals surface area contributed by atoms with E-state index >= 15 is 0 Å². The molecule has 0 saturated carbocycles. The van der Waals surface area contributed by atoms with Crippen molar-refractivity contribution in [3.8, 4) is 0 Å². The molecule has 2 unspecified atom stereocenters. The van der Waals surface area contributed by atoms with Crippen LogP contribution in [0.1, 0.15) is 48.4 Å². The largest absolute Gasteiger partial charge is 0.316 e. The Kier molecular flexibility index (Phi) is 4.19. The van der Waals surface area contributed by atoms with Gasteiger partial charge in [0, 0.05) is 6.04 Å². The summed E-state index contributed by atoms with van der Waals surface area (Å²) in [5, 5.41) is 7.06. The van der Waals surface area contributed by atoms with E-state index in [-0.39, 0.29) is 0 Å². The molecule has 1 aliphatic carbocycles. The van der Waals surface area contributed by atoms with Crippen molar-refractivity contribution in [3.63, 3.8) is 0 Å². The molecule has 1 aromatic carbocycles. The predicted octanol–water partition coefficient (Wildman–Crippen LogP) is 2.83. The van der Waals surface area contributed by atoms with E-state index in [1.54, 1.807) is 11.1 Å². The summed E-state index contributed by atoms with van der Waals surface area (Å²) in [6.45, 7) is 2.41. The van der Waals surface area contributed by atoms with Crippen LogP contribution in [-0.2, 0) is 12.8 Å². The molecular formula is C17H26N2. The zero-order valence-electron chi connectivity index (χ0n) is 12.0. The molecule has 1 aromatic rings. The Hall–Kier alpha value is -0.860. The van der Waals surface area contributed by atoms with E-state index in [2.05, 4.69) is 35.9 Å². The van der Waals surface area contributed by atoms with Gasteiger partial charge in [0.15, 0.2) is 0 Å². The van der Waals surface area contributed by atoms with Gasteiger partial charge in [-0.3, -0.25) is 0 Å². The number of rotatable bonds is 4. The lowest BCUT2D eigenvalue weighted by Gasteiger charge is -2.27. The molecule has 1 heterocycles. The Morgan fingerprint density at radius 1 is 1.26 bits per heavy atom. The van der Waals surface area contributed by atoms with Crippen LogP contribution in [0.5, 0.6) is 0 Å². The zero-order chi connectivity index (χ0) is 13.1. The molecule has 0 aromatic heterocycles. The first-order valence-corrected chi connectivity index (χ1v) is 7.86. The monoisotopic (exact) mass is 258 g/mol. The van der Waals surface area contributed by atoms with E-state index in [1.807, 2.05) is 0 Å².